The van der Waals surface area contributed by atoms with Gasteiger partial charge in [0.25, 0.3) is 0 Å². The third kappa shape index (κ3) is 4.39. The van der Waals surface area contributed by atoms with Crippen molar-refractivity contribution in [1.82, 2.24) is 0 Å². The second-order valence-electron chi connectivity index (χ2n) is 3.36. The Balaban J connectivity index is 2.21. The van der Waals surface area contributed by atoms with Gasteiger partial charge in [0, 0.05) is 10.8 Å². The van der Waals surface area contributed by atoms with E-state index in [4.69, 9.17) is 11.6 Å². The van der Waals surface area contributed by atoms with Crippen LogP contribution < -0.4 is 0 Å². The second-order valence-corrected chi connectivity index (χ2v) is 4.88. The highest BCUT2D eigenvalue weighted by Gasteiger charge is 1.96. The first kappa shape index (κ1) is 11.9. The van der Waals surface area contributed by atoms with Gasteiger partial charge < -0.3 is 0 Å². The van der Waals surface area contributed by atoms with Crippen molar-refractivity contribution in [1.29, 1.82) is 0 Å². The molecule has 78 valence electrons. The number of rotatable bonds is 6. The monoisotopic (exact) mass is 228 g/mol. The Hall–Kier alpha value is -0.140. The molecule has 0 amide bonds. The second kappa shape index (κ2) is 7.19. The summed E-state index contributed by atoms with van der Waals surface area (Å²) in [6, 6.07) is 8.56. The van der Waals surface area contributed by atoms with Crippen molar-refractivity contribution in [2.45, 2.75) is 31.1 Å². The fourth-order valence-corrected chi connectivity index (χ4v) is 2.50. The summed E-state index contributed by atoms with van der Waals surface area (Å²) in [6.45, 7) is 2.17. The van der Waals surface area contributed by atoms with Gasteiger partial charge in [0.2, 0.25) is 0 Å². The van der Waals surface area contributed by atoms with Crippen LogP contribution in [0.1, 0.15) is 24.8 Å². The highest BCUT2D eigenvalue weighted by Crippen LogP contribution is 2.22. The zero-order valence-corrected chi connectivity index (χ0v) is 10.2. The van der Waals surface area contributed by atoms with Crippen molar-refractivity contribution in [2.75, 3.05) is 11.6 Å². The summed E-state index contributed by atoms with van der Waals surface area (Å²) < 4.78 is 0. The molecular formula is C12H17ClS. The molecule has 0 nitrogen and oxygen atoms in total. The smallest absolute Gasteiger partial charge is 0.0223 e. The minimum absolute atomic E-state index is 0.801. The molecular weight excluding hydrogens is 212 g/mol. The van der Waals surface area contributed by atoms with Gasteiger partial charge in [-0.1, -0.05) is 24.6 Å². The fourth-order valence-electron chi connectivity index (χ4n) is 1.27. The van der Waals surface area contributed by atoms with E-state index in [9.17, 15) is 0 Å². The Kier molecular flexibility index (Phi) is 6.13. The van der Waals surface area contributed by atoms with E-state index < -0.39 is 0 Å². The number of aryl methyl sites for hydroxylation is 1. The fraction of sp³-hybridized carbons (Fsp3) is 0.500. The lowest BCUT2D eigenvalue weighted by Gasteiger charge is -2.04. The van der Waals surface area contributed by atoms with Crippen LogP contribution in [0.25, 0.3) is 0 Å². The quantitative estimate of drug-likeness (QED) is 0.393. The Labute approximate surface area is 96.0 Å². The molecule has 0 N–H and O–H groups in total. The number of benzene rings is 1. The van der Waals surface area contributed by atoms with E-state index in [0.717, 1.165) is 12.3 Å². The largest absolute Gasteiger partial charge is 0.127 e. The van der Waals surface area contributed by atoms with E-state index in [1.165, 1.54) is 29.1 Å². The summed E-state index contributed by atoms with van der Waals surface area (Å²) in [5.41, 5.74) is 1.38. The van der Waals surface area contributed by atoms with E-state index in [1.807, 2.05) is 11.8 Å². The summed E-state index contributed by atoms with van der Waals surface area (Å²) in [7, 11) is 0. The van der Waals surface area contributed by atoms with E-state index in [0.29, 0.717) is 0 Å². The maximum absolute atomic E-state index is 5.62. The molecule has 0 heterocycles. The Morgan fingerprint density at radius 3 is 2.64 bits per heavy atom. The molecule has 0 saturated heterocycles. The maximum Gasteiger partial charge on any atom is 0.0223 e. The summed E-state index contributed by atoms with van der Waals surface area (Å²) in [5.74, 6) is 2.01. The molecule has 14 heavy (non-hydrogen) atoms. The highest BCUT2D eigenvalue weighted by molar-refractivity contribution is 7.99. The van der Waals surface area contributed by atoms with Crippen LogP contribution in [0.3, 0.4) is 0 Å². The van der Waals surface area contributed by atoms with Gasteiger partial charge in [0.1, 0.15) is 0 Å². The SMILES string of the molecule is Cc1ccccc1SCCCCCCl. The van der Waals surface area contributed by atoms with Crippen LogP contribution in [-0.2, 0) is 0 Å². The number of thioether (sulfide) groups is 1. The molecule has 0 fully saturated rings. The van der Waals surface area contributed by atoms with Gasteiger partial charge >= 0.3 is 0 Å². The number of unbranched alkanes of at least 4 members (excludes halogenated alkanes) is 2. The van der Waals surface area contributed by atoms with E-state index >= 15 is 0 Å². The number of hydrogen-bond donors (Lipinski definition) is 0. The van der Waals surface area contributed by atoms with Gasteiger partial charge in [-0.05, 0) is 37.1 Å². The van der Waals surface area contributed by atoms with E-state index in [2.05, 4.69) is 31.2 Å². The minimum Gasteiger partial charge on any atom is -0.127 e. The lowest BCUT2D eigenvalue weighted by molar-refractivity contribution is 0.783. The number of alkyl halides is 1. The van der Waals surface area contributed by atoms with Gasteiger partial charge in [0.05, 0.1) is 0 Å². The van der Waals surface area contributed by atoms with Crippen molar-refractivity contribution in [3.63, 3.8) is 0 Å². The molecule has 0 unspecified atom stereocenters. The molecule has 0 bridgehead atoms. The van der Waals surface area contributed by atoms with Gasteiger partial charge in [0.15, 0.2) is 0 Å². The molecule has 0 aromatic heterocycles. The average Bonchev–Trinajstić information content (AvgIpc) is 2.20. The average molecular weight is 229 g/mol. The summed E-state index contributed by atoms with van der Waals surface area (Å²) in [6.07, 6.45) is 3.67. The predicted octanol–water partition coefficient (Wildman–Crippen LogP) is 4.50. The third-order valence-corrected chi connectivity index (χ3v) is 3.66. The Morgan fingerprint density at radius 1 is 1.14 bits per heavy atom. The van der Waals surface area contributed by atoms with Crippen molar-refractivity contribution >= 4 is 23.4 Å². The molecule has 1 rings (SSSR count). The van der Waals surface area contributed by atoms with Crippen molar-refractivity contribution in [3.05, 3.63) is 29.8 Å². The van der Waals surface area contributed by atoms with Gasteiger partial charge in [-0.2, -0.15) is 0 Å². The van der Waals surface area contributed by atoms with Crippen LogP contribution in [0.2, 0.25) is 0 Å². The van der Waals surface area contributed by atoms with Crippen LogP contribution >= 0.6 is 23.4 Å². The highest BCUT2D eigenvalue weighted by atomic mass is 35.5. The summed E-state index contributed by atoms with van der Waals surface area (Å²) >= 11 is 7.57. The van der Waals surface area contributed by atoms with E-state index in [-0.39, 0.29) is 0 Å². The minimum atomic E-state index is 0.801. The molecule has 1 aromatic carbocycles. The van der Waals surface area contributed by atoms with Crippen molar-refractivity contribution in [2.24, 2.45) is 0 Å². The molecule has 0 atom stereocenters. The van der Waals surface area contributed by atoms with Crippen LogP contribution in [0, 0.1) is 6.92 Å². The molecule has 0 saturated carbocycles. The summed E-state index contributed by atoms with van der Waals surface area (Å²) in [4.78, 5) is 1.42. The molecule has 1 aromatic rings. The number of halogens is 1. The lowest BCUT2D eigenvalue weighted by atomic mass is 10.2. The topological polar surface area (TPSA) is 0 Å². The third-order valence-electron chi connectivity index (χ3n) is 2.13. The van der Waals surface area contributed by atoms with Gasteiger partial charge in [-0.3, -0.25) is 0 Å². The van der Waals surface area contributed by atoms with Crippen LogP contribution in [-0.4, -0.2) is 11.6 Å². The molecule has 0 radical (unpaired) electrons. The first-order valence-electron chi connectivity index (χ1n) is 5.09. The zero-order valence-electron chi connectivity index (χ0n) is 8.63. The van der Waals surface area contributed by atoms with Crippen LogP contribution in [0.15, 0.2) is 29.2 Å². The maximum atomic E-state index is 5.62. The van der Waals surface area contributed by atoms with Crippen LogP contribution in [0.4, 0.5) is 0 Å². The normalized spacial score (nSPS) is 10.4. The predicted molar refractivity (Wildman–Crippen MR) is 66.5 cm³/mol. The molecule has 0 aliphatic rings. The molecule has 0 aliphatic heterocycles. The molecule has 2 heteroatoms. The van der Waals surface area contributed by atoms with Crippen molar-refractivity contribution < 1.29 is 0 Å². The first-order chi connectivity index (χ1) is 6.84. The van der Waals surface area contributed by atoms with E-state index in [1.54, 1.807) is 0 Å². The standard InChI is InChI=1S/C12H17ClS/c1-11-7-3-4-8-12(11)14-10-6-2-5-9-13/h3-4,7-8H,2,5-6,9-10H2,1H3. The van der Waals surface area contributed by atoms with Crippen LogP contribution in [0.5, 0.6) is 0 Å². The zero-order chi connectivity index (χ0) is 10.2. The number of hydrogen-bond acceptors (Lipinski definition) is 1. The molecule has 0 aliphatic carbocycles. The Bertz CT molecular complexity index is 260. The lowest BCUT2D eigenvalue weighted by Crippen LogP contribution is -1.84. The Morgan fingerprint density at radius 2 is 1.93 bits per heavy atom. The summed E-state index contributed by atoms with van der Waals surface area (Å²) in [5, 5.41) is 0. The van der Waals surface area contributed by atoms with Gasteiger partial charge in [-0.25, -0.2) is 0 Å². The van der Waals surface area contributed by atoms with Crippen molar-refractivity contribution in [3.8, 4) is 0 Å². The first-order valence-corrected chi connectivity index (χ1v) is 6.61. The molecule has 0 spiro atoms. The van der Waals surface area contributed by atoms with Gasteiger partial charge in [-0.15, -0.1) is 23.4 Å².